The highest BCUT2D eigenvalue weighted by Crippen LogP contribution is 2.27. The smallest absolute Gasteiger partial charge is 0.125 e. The Kier molecular flexibility index (Phi) is 4.44. The number of benzene rings is 1. The summed E-state index contributed by atoms with van der Waals surface area (Å²) < 4.78 is 15.3. The first kappa shape index (κ1) is 14.4. The summed E-state index contributed by atoms with van der Waals surface area (Å²) in [6, 6.07) is 6.85. The zero-order valence-corrected chi connectivity index (χ0v) is 12.6. The van der Waals surface area contributed by atoms with Gasteiger partial charge in [-0.1, -0.05) is 30.9 Å². The maximum absolute atomic E-state index is 13.2. The molecule has 1 aliphatic rings. The first-order valence-corrected chi connectivity index (χ1v) is 7.83. The van der Waals surface area contributed by atoms with E-state index in [4.69, 9.17) is 11.6 Å². The second-order valence-electron chi connectivity index (χ2n) is 5.56. The van der Waals surface area contributed by atoms with Crippen molar-refractivity contribution in [3.8, 4) is 0 Å². The molecule has 3 nitrogen and oxygen atoms in total. The van der Waals surface area contributed by atoms with E-state index in [1.165, 1.54) is 44.2 Å². The van der Waals surface area contributed by atoms with Crippen molar-refractivity contribution >= 4 is 17.3 Å². The van der Waals surface area contributed by atoms with Crippen LogP contribution in [0, 0.1) is 5.82 Å². The minimum absolute atomic E-state index is 0.297. The van der Waals surface area contributed by atoms with Gasteiger partial charge in [0.1, 0.15) is 5.82 Å². The highest BCUT2D eigenvalue weighted by atomic mass is 35.5. The van der Waals surface area contributed by atoms with E-state index in [-0.39, 0.29) is 5.82 Å². The molecule has 0 atom stereocenters. The molecule has 112 valence electrons. The Balaban J connectivity index is 1.63. The standard InChI is InChI=1S/C16H19ClFN3/c17-15-7-6-12(18)10-16(15)19-11-13-8-9-21(20-13)14-4-2-1-3-5-14/h6-10,14,19H,1-5,11H2. The van der Waals surface area contributed by atoms with Crippen molar-refractivity contribution in [3.05, 3.63) is 47.0 Å². The third kappa shape index (κ3) is 3.56. The van der Waals surface area contributed by atoms with Crippen LogP contribution in [0.15, 0.2) is 30.5 Å². The zero-order valence-electron chi connectivity index (χ0n) is 11.9. The van der Waals surface area contributed by atoms with Gasteiger partial charge in [0.15, 0.2) is 0 Å². The molecule has 21 heavy (non-hydrogen) atoms. The summed E-state index contributed by atoms with van der Waals surface area (Å²) >= 11 is 6.03. The van der Waals surface area contributed by atoms with E-state index >= 15 is 0 Å². The molecule has 5 heteroatoms. The highest BCUT2D eigenvalue weighted by molar-refractivity contribution is 6.33. The van der Waals surface area contributed by atoms with Crippen molar-refractivity contribution in [3.63, 3.8) is 0 Å². The first-order valence-electron chi connectivity index (χ1n) is 7.45. The lowest BCUT2D eigenvalue weighted by Crippen LogP contribution is -2.13. The summed E-state index contributed by atoms with van der Waals surface area (Å²) in [6.45, 7) is 0.545. The molecule has 1 aliphatic carbocycles. The van der Waals surface area contributed by atoms with Crippen LogP contribution in [-0.2, 0) is 6.54 Å². The van der Waals surface area contributed by atoms with Crippen LogP contribution in [0.4, 0.5) is 10.1 Å². The molecule has 0 bridgehead atoms. The van der Waals surface area contributed by atoms with E-state index in [9.17, 15) is 4.39 Å². The Bertz CT molecular complexity index is 605. The molecule has 1 N–H and O–H groups in total. The van der Waals surface area contributed by atoms with Crippen LogP contribution in [0.2, 0.25) is 5.02 Å². The molecule has 2 aromatic rings. The van der Waals surface area contributed by atoms with Gasteiger partial charge in [0.2, 0.25) is 0 Å². The summed E-state index contributed by atoms with van der Waals surface area (Å²) in [6.07, 6.45) is 8.38. The van der Waals surface area contributed by atoms with Crippen LogP contribution in [-0.4, -0.2) is 9.78 Å². The van der Waals surface area contributed by atoms with Crippen LogP contribution in [0.1, 0.15) is 43.8 Å². The lowest BCUT2D eigenvalue weighted by Gasteiger charge is -2.21. The molecule has 0 radical (unpaired) electrons. The highest BCUT2D eigenvalue weighted by Gasteiger charge is 2.15. The van der Waals surface area contributed by atoms with Crippen molar-refractivity contribution in [2.45, 2.75) is 44.7 Å². The normalized spacial score (nSPS) is 16.1. The summed E-state index contributed by atoms with van der Waals surface area (Å²) in [5.74, 6) is -0.297. The number of anilines is 1. The molecule has 1 heterocycles. The molecule has 0 saturated heterocycles. The lowest BCUT2D eigenvalue weighted by atomic mass is 9.96. The maximum atomic E-state index is 13.2. The van der Waals surface area contributed by atoms with Gasteiger partial charge in [0, 0.05) is 6.20 Å². The van der Waals surface area contributed by atoms with E-state index < -0.39 is 0 Å². The fourth-order valence-corrected chi connectivity index (χ4v) is 3.02. The van der Waals surface area contributed by atoms with Crippen molar-refractivity contribution < 1.29 is 4.39 Å². The molecule has 3 rings (SSSR count). The molecular formula is C16H19ClFN3. The van der Waals surface area contributed by atoms with Gasteiger partial charge in [-0.3, -0.25) is 4.68 Å². The maximum Gasteiger partial charge on any atom is 0.125 e. The monoisotopic (exact) mass is 307 g/mol. The number of nitrogens with one attached hydrogen (secondary N) is 1. The number of halogens is 2. The fraction of sp³-hybridized carbons (Fsp3) is 0.438. The fourth-order valence-electron chi connectivity index (χ4n) is 2.84. The minimum Gasteiger partial charge on any atom is -0.378 e. The average molecular weight is 308 g/mol. The van der Waals surface area contributed by atoms with Gasteiger partial charge < -0.3 is 5.32 Å². The van der Waals surface area contributed by atoms with E-state index in [0.717, 1.165) is 5.69 Å². The second-order valence-corrected chi connectivity index (χ2v) is 5.96. The number of hydrogen-bond acceptors (Lipinski definition) is 2. The molecular weight excluding hydrogens is 289 g/mol. The molecule has 1 saturated carbocycles. The lowest BCUT2D eigenvalue weighted by molar-refractivity contribution is 0.328. The Hall–Kier alpha value is -1.55. The quantitative estimate of drug-likeness (QED) is 0.880. The summed E-state index contributed by atoms with van der Waals surface area (Å²) in [4.78, 5) is 0. The predicted molar refractivity (Wildman–Crippen MR) is 83.1 cm³/mol. The van der Waals surface area contributed by atoms with Crippen LogP contribution < -0.4 is 5.32 Å². The largest absolute Gasteiger partial charge is 0.378 e. The Morgan fingerprint density at radius 1 is 1.24 bits per heavy atom. The number of rotatable bonds is 4. The van der Waals surface area contributed by atoms with Crippen molar-refractivity contribution in [1.82, 2.24) is 9.78 Å². The molecule has 1 aromatic heterocycles. The van der Waals surface area contributed by atoms with Crippen LogP contribution in [0.5, 0.6) is 0 Å². The van der Waals surface area contributed by atoms with Crippen LogP contribution in [0.25, 0.3) is 0 Å². The van der Waals surface area contributed by atoms with Gasteiger partial charge >= 0.3 is 0 Å². The second kappa shape index (κ2) is 6.48. The summed E-state index contributed by atoms with van der Waals surface area (Å²) in [5.41, 5.74) is 1.55. The number of aromatic nitrogens is 2. The topological polar surface area (TPSA) is 29.9 Å². The molecule has 0 unspecified atom stereocenters. The van der Waals surface area contributed by atoms with Gasteiger partial charge in [-0.25, -0.2) is 4.39 Å². The Labute approximate surface area is 129 Å². The van der Waals surface area contributed by atoms with Crippen LogP contribution >= 0.6 is 11.6 Å². The molecule has 1 aromatic carbocycles. The third-order valence-corrected chi connectivity index (χ3v) is 4.33. The van der Waals surface area contributed by atoms with Crippen molar-refractivity contribution in [2.75, 3.05) is 5.32 Å². The van der Waals surface area contributed by atoms with Gasteiger partial charge in [0.25, 0.3) is 0 Å². The van der Waals surface area contributed by atoms with Gasteiger partial charge in [-0.2, -0.15) is 5.10 Å². The Morgan fingerprint density at radius 3 is 2.86 bits per heavy atom. The predicted octanol–water partition coefficient (Wildman–Crippen LogP) is 4.79. The molecule has 1 fully saturated rings. The first-order chi connectivity index (χ1) is 10.2. The van der Waals surface area contributed by atoms with E-state index in [0.29, 0.717) is 23.3 Å². The SMILES string of the molecule is Fc1ccc(Cl)c(NCc2ccn(C3CCCCC3)n2)c1. The Morgan fingerprint density at radius 2 is 2.05 bits per heavy atom. The zero-order chi connectivity index (χ0) is 14.7. The van der Waals surface area contributed by atoms with E-state index in [1.807, 2.05) is 12.3 Å². The minimum atomic E-state index is -0.297. The van der Waals surface area contributed by atoms with E-state index in [2.05, 4.69) is 15.1 Å². The van der Waals surface area contributed by atoms with E-state index in [1.54, 1.807) is 6.07 Å². The van der Waals surface area contributed by atoms with Crippen molar-refractivity contribution in [1.29, 1.82) is 0 Å². The molecule has 0 aliphatic heterocycles. The number of nitrogens with zero attached hydrogens (tertiary/aromatic N) is 2. The third-order valence-electron chi connectivity index (χ3n) is 4.00. The number of hydrogen-bond donors (Lipinski definition) is 1. The van der Waals surface area contributed by atoms with Crippen LogP contribution in [0.3, 0.4) is 0 Å². The average Bonchev–Trinajstić information content (AvgIpc) is 2.98. The molecule has 0 amide bonds. The van der Waals surface area contributed by atoms with Gasteiger partial charge in [-0.05, 0) is 37.1 Å². The van der Waals surface area contributed by atoms with Crippen molar-refractivity contribution in [2.24, 2.45) is 0 Å². The van der Waals surface area contributed by atoms with Gasteiger partial charge in [-0.15, -0.1) is 0 Å². The summed E-state index contributed by atoms with van der Waals surface area (Å²) in [5, 5.41) is 8.27. The van der Waals surface area contributed by atoms with Gasteiger partial charge in [0.05, 0.1) is 29.0 Å². The molecule has 0 spiro atoms. The summed E-state index contributed by atoms with van der Waals surface area (Å²) in [7, 11) is 0.